The zero-order chi connectivity index (χ0) is 9.68. The summed E-state index contributed by atoms with van der Waals surface area (Å²) in [6.45, 7) is 3.71. The summed E-state index contributed by atoms with van der Waals surface area (Å²) in [5, 5.41) is 12.0. The van der Waals surface area contributed by atoms with Crippen LogP contribution in [0.1, 0.15) is 26.2 Å². The molecule has 76 valence electrons. The van der Waals surface area contributed by atoms with Gasteiger partial charge in [-0.1, -0.05) is 6.92 Å². The molecule has 0 bridgehead atoms. The van der Waals surface area contributed by atoms with Crippen molar-refractivity contribution in [2.45, 2.75) is 32.3 Å². The number of aliphatic hydroxyl groups excluding tert-OH is 1. The summed E-state index contributed by atoms with van der Waals surface area (Å²) in [7, 11) is 0. The third-order valence-corrected chi connectivity index (χ3v) is 2.29. The third-order valence-electron chi connectivity index (χ3n) is 2.29. The molecule has 0 aromatic carbocycles. The second kappa shape index (κ2) is 5.07. The average molecular weight is 185 g/mol. The minimum atomic E-state index is -0.0926. The number of nitrogens with zero attached hydrogens (tertiary/aromatic N) is 1. The Morgan fingerprint density at radius 2 is 2.31 bits per heavy atom. The molecule has 0 aromatic rings. The van der Waals surface area contributed by atoms with Gasteiger partial charge in [-0.25, -0.2) is 0 Å². The first-order valence-corrected chi connectivity index (χ1v) is 4.94. The lowest BCUT2D eigenvalue weighted by Crippen LogP contribution is -2.35. The van der Waals surface area contributed by atoms with Crippen molar-refractivity contribution >= 4 is 5.96 Å². The molecule has 1 fully saturated rings. The minimum absolute atomic E-state index is 0.0926. The molecule has 0 aliphatic heterocycles. The van der Waals surface area contributed by atoms with Crippen LogP contribution in [-0.2, 0) is 0 Å². The molecule has 0 saturated heterocycles. The topological polar surface area (TPSA) is 70.6 Å². The standard InChI is InChI=1S/C9H19N3O/c1-2-3-11-9(10)12-6-7-4-8(13)5-7/h7-8,13H,2-6H2,1H3,(H3,10,11,12). The molecule has 1 saturated carbocycles. The Hall–Kier alpha value is -0.770. The Balaban J connectivity index is 2.08. The summed E-state index contributed by atoms with van der Waals surface area (Å²) in [5.74, 6) is 1.07. The van der Waals surface area contributed by atoms with E-state index in [9.17, 15) is 0 Å². The van der Waals surface area contributed by atoms with Crippen LogP contribution < -0.4 is 11.1 Å². The van der Waals surface area contributed by atoms with Gasteiger partial charge >= 0.3 is 0 Å². The maximum Gasteiger partial charge on any atom is 0.188 e. The van der Waals surface area contributed by atoms with Gasteiger partial charge in [0.1, 0.15) is 0 Å². The van der Waals surface area contributed by atoms with Gasteiger partial charge in [0, 0.05) is 13.1 Å². The van der Waals surface area contributed by atoms with Gasteiger partial charge in [-0.3, -0.25) is 4.99 Å². The second-order valence-electron chi connectivity index (χ2n) is 3.64. The van der Waals surface area contributed by atoms with Crippen LogP contribution in [0.2, 0.25) is 0 Å². The van der Waals surface area contributed by atoms with Gasteiger partial charge in [0.15, 0.2) is 5.96 Å². The Labute approximate surface area is 79.2 Å². The summed E-state index contributed by atoms with van der Waals surface area (Å²) in [5.41, 5.74) is 5.60. The largest absolute Gasteiger partial charge is 0.393 e. The molecule has 1 rings (SSSR count). The van der Waals surface area contributed by atoms with Crippen molar-refractivity contribution < 1.29 is 5.11 Å². The lowest BCUT2D eigenvalue weighted by molar-refractivity contribution is 0.0471. The van der Waals surface area contributed by atoms with Crippen molar-refractivity contribution in [3.05, 3.63) is 0 Å². The Morgan fingerprint density at radius 3 is 2.85 bits per heavy atom. The van der Waals surface area contributed by atoms with E-state index >= 15 is 0 Å². The van der Waals surface area contributed by atoms with Crippen molar-refractivity contribution in [1.29, 1.82) is 0 Å². The number of nitrogens with two attached hydrogens (primary N) is 1. The van der Waals surface area contributed by atoms with Crippen molar-refractivity contribution in [3.63, 3.8) is 0 Å². The summed E-state index contributed by atoms with van der Waals surface area (Å²) in [6.07, 6.45) is 2.72. The number of aliphatic imine (C=N–C) groups is 1. The van der Waals surface area contributed by atoms with Crippen LogP contribution in [0.15, 0.2) is 4.99 Å². The van der Waals surface area contributed by atoms with Crippen LogP contribution in [0, 0.1) is 5.92 Å². The fourth-order valence-electron chi connectivity index (χ4n) is 1.39. The van der Waals surface area contributed by atoms with Gasteiger partial charge in [-0.2, -0.15) is 0 Å². The van der Waals surface area contributed by atoms with Crippen molar-refractivity contribution in [2.24, 2.45) is 16.6 Å². The fraction of sp³-hybridized carbons (Fsp3) is 0.889. The molecule has 0 unspecified atom stereocenters. The number of nitrogens with one attached hydrogen (secondary N) is 1. The molecule has 0 spiro atoms. The monoisotopic (exact) mass is 185 g/mol. The second-order valence-corrected chi connectivity index (χ2v) is 3.64. The normalized spacial score (nSPS) is 28.3. The molecule has 4 nitrogen and oxygen atoms in total. The number of rotatable bonds is 4. The number of aliphatic hydroxyl groups is 1. The highest BCUT2D eigenvalue weighted by molar-refractivity contribution is 5.77. The first-order valence-electron chi connectivity index (χ1n) is 4.94. The van der Waals surface area contributed by atoms with E-state index in [0.717, 1.165) is 32.4 Å². The van der Waals surface area contributed by atoms with E-state index in [1.807, 2.05) is 0 Å². The van der Waals surface area contributed by atoms with Crippen molar-refractivity contribution in [3.8, 4) is 0 Å². The Kier molecular flexibility index (Phi) is 4.02. The predicted octanol–water partition coefficient (Wildman–Crippen LogP) is 0.0716. The molecule has 0 amide bonds. The Bertz CT molecular complexity index is 176. The van der Waals surface area contributed by atoms with Crippen molar-refractivity contribution in [1.82, 2.24) is 5.32 Å². The summed E-state index contributed by atoms with van der Waals surface area (Å²) in [6, 6.07) is 0. The first kappa shape index (κ1) is 10.3. The maximum absolute atomic E-state index is 9.03. The highest BCUT2D eigenvalue weighted by atomic mass is 16.3. The van der Waals surface area contributed by atoms with E-state index < -0.39 is 0 Å². The van der Waals surface area contributed by atoms with Gasteiger partial charge < -0.3 is 16.2 Å². The van der Waals surface area contributed by atoms with Gasteiger partial charge in [0.2, 0.25) is 0 Å². The molecular formula is C9H19N3O. The number of hydrogen-bond donors (Lipinski definition) is 3. The molecule has 4 heteroatoms. The fourth-order valence-corrected chi connectivity index (χ4v) is 1.39. The van der Waals surface area contributed by atoms with Gasteiger partial charge in [0.05, 0.1) is 6.10 Å². The zero-order valence-corrected chi connectivity index (χ0v) is 8.16. The van der Waals surface area contributed by atoms with Gasteiger partial charge in [-0.05, 0) is 25.2 Å². The minimum Gasteiger partial charge on any atom is -0.393 e. The van der Waals surface area contributed by atoms with Crippen LogP contribution in [0.5, 0.6) is 0 Å². The van der Waals surface area contributed by atoms with Gasteiger partial charge in [0.25, 0.3) is 0 Å². The molecule has 1 aliphatic rings. The summed E-state index contributed by atoms with van der Waals surface area (Å²) < 4.78 is 0. The third kappa shape index (κ3) is 3.63. The smallest absolute Gasteiger partial charge is 0.188 e. The molecule has 0 radical (unpaired) electrons. The molecule has 0 heterocycles. The van der Waals surface area contributed by atoms with Crippen molar-refractivity contribution in [2.75, 3.05) is 13.1 Å². The highest BCUT2D eigenvalue weighted by Crippen LogP contribution is 2.26. The van der Waals surface area contributed by atoms with E-state index in [1.54, 1.807) is 0 Å². The maximum atomic E-state index is 9.03. The molecule has 0 aromatic heterocycles. The summed E-state index contributed by atoms with van der Waals surface area (Å²) in [4.78, 5) is 4.19. The van der Waals surface area contributed by atoms with Crippen LogP contribution in [0.3, 0.4) is 0 Å². The van der Waals surface area contributed by atoms with E-state index in [4.69, 9.17) is 10.8 Å². The summed E-state index contributed by atoms with van der Waals surface area (Å²) >= 11 is 0. The first-order chi connectivity index (χ1) is 6.22. The highest BCUT2D eigenvalue weighted by Gasteiger charge is 2.26. The van der Waals surface area contributed by atoms with Crippen LogP contribution in [0.25, 0.3) is 0 Å². The number of guanidine groups is 1. The van der Waals surface area contributed by atoms with Crippen LogP contribution >= 0.6 is 0 Å². The van der Waals surface area contributed by atoms with E-state index in [1.165, 1.54) is 0 Å². The number of hydrogen-bond acceptors (Lipinski definition) is 2. The van der Waals surface area contributed by atoms with E-state index in [-0.39, 0.29) is 6.10 Å². The molecule has 4 N–H and O–H groups in total. The molecule has 0 atom stereocenters. The Morgan fingerprint density at radius 1 is 1.62 bits per heavy atom. The molecular weight excluding hydrogens is 166 g/mol. The average Bonchev–Trinajstić information content (AvgIpc) is 2.07. The zero-order valence-electron chi connectivity index (χ0n) is 8.16. The lowest BCUT2D eigenvalue weighted by Gasteiger charge is -2.29. The molecule has 13 heavy (non-hydrogen) atoms. The quantitative estimate of drug-likeness (QED) is 0.429. The molecule has 1 aliphatic carbocycles. The predicted molar refractivity (Wildman–Crippen MR) is 53.5 cm³/mol. The van der Waals surface area contributed by atoms with Gasteiger partial charge in [-0.15, -0.1) is 0 Å². The SMILES string of the molecule is CCCNC(N)=NCC1CC(O)C1. The van der Waals surface area contributed by atoms with Crippen LogP contribution in [-0.4, -0.2) is 30.3 Å². The van der Waals surface area contributed by atoms with Crippen LogP contribution in [0.4, 0.5) is 0 Å². The lowest BCUT2D eigenvalue weighted by atomic mass is 9.83. The van der Waals surface area contributed by atoms with E-state index in [2.05, 4.69) is 17.2 Å². The van der Waals surface area contributed by atoms with E-state index in [0.29, 0.717) is 11.9 Å².